The van der Waals surface area contributed by atoms with Crippen LogP contribution in [0.1, 0.15) is 25.7 Å². The molecule has 0 amide bonds. The van der Waals surface area contributed by atoms with Gasteiger partial charge in [-0.05, 0) is 43.6 Å². The van der Waals surface area contributed by atoms with Crippen molar-refractivity contribution in [3.8, 4) is 0 Å². The van der Waals surface area contributed by atoms with Crippen LogP contribution < -0.4 is 5.73 Å². The molecule has 0 heterocycles. The van der Waals surface area contributed by atoms with Crippen LogP contribution in [0.25, 0.3) is 0 Å². The van der Waals surface area contributed by atoms with Gasteiger partial charge in [-0.25, -0.2) is 0 Å². The van der Waals surface area contributed by atoms with E-state index in [4.69, 9.17) is 10.5 Å². The van der Waals surface area contributed by atoms with Gasteiger partial charge in [0, 0.05) is 12.1 Å². The molecule has 2 N–H and O–H groups in total. The Hall–Kier alpha value is -1.44. The maximum atomic E-state index is 5.72. The standard InChI is InChI=1S/C12H15NO/c13-10-6-8-12(9-7-10)14-11-4-2-1-3-5-11/h2,4-6,8H,1,3,7,9,13H2. The molecule has 2 aliphatic rings. The molecule has 2 rings (SSSR count). The van der Waals surface area contributed by atoms with Crippen LogP contribution >= 0.6 is 0 Å². The molecule has 0 radical (unpaired) electrons. The molecule has 0 bridgehead atoms. The van der Waals surface area contributed by atoms with Crippen LogP contribution in [-0.2, 0) is 4.74 Å². The van der Waals surface area contributed by atoms with E-state index in [9.17, 15) is 0 Å². The van der Waals surface area contributed by atoms with Gasteiger partial charge in [0.2, 0.25) is 0 Å². The van der Waals surface area contributed by atoms with Gasteiger partial charge < -0.3 is 10.5 Å². The molecule has 0 aliphatic heterocycles. The molecule has 74 valence electrons. The zero-order chi connectivity index (χ0) is 9.80. The Balaban J connectivity index is 1.98. The number of ether oxygens (including phenoxy) is 1. The molecule has 0 saturated heterocycles. The second kappa shape index (κ2) is 4.18. The molecule has 2 heteroatoms. The maximum absolute atomic E-state index is 5.72. The second-order valence-electron chi connectivity index (χ2n) is 3.56. The summed E-state index contributed by atoms with van der Waals surface area (Å²) < 4.78 is 5.72. The third-order valence-electron chi connectivity index (χ3n) is 2.35. The summed E-state index contributed by atoms with van der Waals surface area (Å²) in [5.74, 6) is 1.98. The zero-order valence-corrected chi connectivity index (χ0v) is 8.20. The van der Waals surface area contributed by atoms with Crippen LogP contribution in [0.2, 0.25) is 0 Å². The minimum Gasteiger partial charge on any atom is -0.462 e. The van der Waals surface area contributed by atoms with Gasteiger partial charge >= 0.3 is 0 Å². The highest BCUT2D eigenvalue weighted by Gasteiger charge is 2.07. The molecular weight excluding hydrogens is 174 g/mol. The monoisotopic (exact) mass is 189 g/mol. The van der Waals surface area contributed by atoms with E-state index in [-0.39, 0.29) is 0 Å². The van der Waals surface area contributed by atoms with E-state index in [1.807, 2.05) is 18.2 Å². The fraction of sp³-hybridized carbons (Fsp3) is 0.333. The third kappa shape index (κ3) is 2.28. The summed E-state index contributed by atoms with van der Waals surface area (Å²) in [6.45, 7) is 0. The molecule has 2 nitrogen and oxygen atoms in total. The maximum Gasteiger partial charge on any atom is 0.122 e. The van der Waals surface area contributed by atoms with Gasteiger partial charge in [0.1, 0.15) is 11.5 Å². The summed E-state index contributed by atoms with van der Waals surface area (Å²) in [5.41, 5.74) is 6.60. The molecule has 0 fully saturated rings. The van der Waals surface area contributed by atoms with Crippen molar-refractivity contribution in [3.63, 3.8) is 0 Å². The molecule has 2 aliphatic carbocycles. The van der Waals surface area contributed by atoms with Crippen molar-refractivity contribution in [2.24, 2.45) is 5.73 Å². The molecule has 0 aromatic carbocycles. The lowest BCUT2D eigenvalue weighted by atomic mass is 10.1. The molecule has 0 unspecified atom stereocenters. The van der Waals surface area contributed by atoms with E-state index in [1.54, 1.807) is 0 Å². The van der Waals surface area contributed by atoms with Crippen LogP contribution in [0.3, 0.4) is 0 Å². The highest BCUT2D eigenvalue weighted by molar-refractivity contribution is 5.23. The Morgan fingerprint density at radius 1 is 1.14 bits per heavy atom. The number of allylic oxidation sites excluding steroid dienone is 7. The summed E-state index contributed by atoms with van der Waals surface area (Å²) in [6, 6.07) is 0. The lowest BCUT2D eigenvalue weighted by Gasteiger charge is -2.15. The van der Waals surface area contributed by atoms with Crippen molar-refractivity contribution in [1.82, 2.24) is 0 Å². The van der Waals surface area contributed by atoms with Gasteiger partial charge in [-0.1, -0.05) is 6.08 Å². The number of rotatable bonds is 2. The lowest BCUT2D eigenvalue weighted by molar-refractivity contribution is 0.300. The number of hydrogen-bond acceptors (Lipinski definition) is 2. The van der Waals surface area contributed by atoms with Gasteiger partial charge in [-0.2, -0.15) is 0 Å². The van der Waals surface area contributed by atoms with Crippen molar-refractivity contribution in [3.05, 3.63) is 47.6 Å². The normalized spacial score (nSPS) is 21.0. The van der Waals surface area contributed by atoms with Gasteiger partial charge in [-0.3, -0.25) is 0 Å². The van der Waals surface area contributed by atoms with Crippen molar-refractivity contribution >= 4 is 0 Å². The minimum absolute atomic E-state index is 0.906. The largest absolute Gasteiger partial charge is 0.462 e. The first-order valence-electron chi connectivity index (χ1n) is 5.04. The lowest BCUT2D eigenvalue weighted by Crippen LogP contribution is -2.03. The van der Waals surface area contributed by atoms with Gasteiger partial charge in [-0.15, -0.1) is 0 Å². The highest BCUT2D eigenvalue weighted by atomic mass is 16.5. The fourth-order valence-corrected chi connectivity index (χ4v) is 1.54. The molecular formula is C12H15NO. The summed E-state index contributed by atoms with van der Waals surface area (Å²) >= 11 is 0. The zero-order valence-electron chi connectivity index (χ0n) is 8.20. The van der Waals surface area contributed by atoms with E-state index in [1.165, 1.54) is 0 Å². The highest BCUT2D eigenvalue weighted by Crippen LogP contribution is 2.21. The summed E-state index contributed by atoms with van der Waals surface area (Å²) in [7, 11) is 0. The summed E-state index contributed by atoms with van der Waals surface area (Å²) in [6.07, 6.45) is 14.2. The van der Waals surface area contributed by atoms with Crippen LogP contribution in [0.5, 0.6) is 0 Å². The Kier molecular flexibility index (Phi) is 2.73. The van der Waals surface area contributed by atoms with E-state index in [0.717, 1.165) is 42.9 Å². The van der Waals surface area contributed by atoms with Crippen LogP contribution in [0.4, 0.5) is 0 Å². The first kappa shape index (κ1) is 9.13. The van der Waals surface area contributed by atoms with E-state index < -0.39 is 0 Å². The van der Waals surface area contributed by atoms with E-state index in [2.05, 4.69) is 12.2 Å². The van der Waals surface area contributed by atoms with Gasteiger partial charge in [0.25, 0.3) is 0 Å². The van der Waals surface area contributed by atoms with Gasteiger partial charge in [0.15, 0.2) is 0 Å². The van der Waals surface area contributed by atoms with Crippen molar-refractivity contribution in [2.75, 3.05) is 0 Å². The number of hydrogen-bond donors (Lipinski definition) is 1. The molecule has 14 heavy (non-hydrogen) atoms. The van der Waals surface area contributed by atoms with Crippen molar-refractivity contribution in [1.29, 1.82) is 0 Å². The predicted octanol–water partition coefficient (Wildman–Crippen LogP) is 2.76. The van der Waals surface area contributed by atoms with Crippen LogP contribution in [0, 0.1) is 0 Å². The fourth-order valence-electron chi connectivity index (χ4n) is 1.54. The Morgan fingerprint density at radius 3 is 2.71 bits per heavy atom. The Bertz CT molecular complexity index is 334. The number of nitrogens with two attached hydrogens (primary N) is 1. The van der Waals surface area contributed by atoms with Crippen LogP contribution in [-0.4, -0.2) is 0 Å². The Morgan fingerprint density at radius 2 is 2.07 bits per heavy atom. The molecule has 0 saturated carbocycles. The SMILES string of the molecule is NC1=CC=C(OC2=CCCC=C2)CC1. The first-order chi connectivity index (χ1) is 6.84. The summed E-state index contributed by atoms with van der Waals surface area (Å²) in [5, 5.41) is 0. The average Bonchev–Trinajstić information content (AvgIpc) is 2.23. The smallest absolute Gasteiger partial charge is 0.122 e. The minimum atomic E-state index is 0.906. The first-order valence-corrected chi connectivity index (χ1v) is 5.04. The predicted molar refractivity (Wildman–Crippen MR) is 57.1 cm³/mol. The topological polar surface area (TPSA) is 35.2 Å². The quantitative estimate of drug-likeness (QED) is 0.725. The van der Waals surface area contributed by atoms with E-state index in [0.29, 0.717) is 0 Å². The Labute approximate surface area is 84.4 Å². The van der Waals surface area contributed by atoms with Gasteiger partial charge in [0.05, 0.1) is 0 Å². The second-order valence-corrected chi connectivity index (χ2v) is 3.56. The van der Waals surface area contributed by atoms with Crippen molar-refractivity contribution < 1.29 is 4.74 Å². The van der Waals surface area contributed by atoms with E-state index >= 15 is 0 Å². The molecule has 0 aromatic rings. The molecule has 0 aromatic heterocycles. The third-order valence-corrected chi connectivity index (χ3v) is 2.35. The average molecular weight is 189 g/mol. The van der Waals surface area contributed by atoms with Crippen molar-refractivity contribution in [2.45, 2.75) is 25.7 Å². The summed E-state index contributed by atoms with van der Waals surface area (Å²) in [4.78, 5) is 0. The van der Waals surface area contributed by atoms with Crippen LogP contribution in [0.15, 0.2) is 47.6 Å². The molecule has 0 spiro atoms. The molecule has 0 atom stereocenters.